The van der Waals surface area contributed by atoms with Crippen molar-refractivity contribution in [2.24, 2.45) is 0 Å². The van der Waals surface area contributed by atoms with Gasteiger partial charge in [0.2, 0.25) is 0 Å². The van der Waals surface area contributed by atoms with Gasteiger partial charge in [0.15, 0.2) is 11.8 Å². The van der Waals surface area contributed by atoms with Gasteiger partial charge in [-0.1, -0.05) is 12.1 Å². The van der Waals surface area contributed by atoms with Crippen LogP contribution in [0.15, 0.2) is 60.7 Å². The average Bonchev–Trinajstić information content (AvgIpc) is 3.11. The van der Waals surface area contributed by atoms with Gasteiger partial charge >= 0.3 is 0 Å². The molecule has 108 valence electrons. The predicted octanol–water partition coefficient (Wildman–Crippen LogP) is 4.17. The fourth-order valence-corrected chi connectivity index (χ4v) is 3.40. The Bertz CT molecular complexity index is 902. The summed E-state index contributed by atoms with van der Waals surface area (Å²) in [6.45, 7) is 0. The lowest BCUT2D eigenvalue weighted by molar-refractivity contribution is 0.402. The molecule has 4 rings (SSSR count). The first kappa shape index (κ1) is 12.9. The number of hydrogen-bond acceptors (Lipinski definition) is 4. The zero-order valence-corrected chi connectivity index (χ0v) is 12.3. The molecule has 2 heterocycles. The van der Waals surface area contributed by atoms with Crippen molar-refractivity contribution in [1.29, 1.82) is 0 Å². The Hall–Kier alpha value is -2.79. The van der Waals surface area contributed by atoms with Crippen molar-refractivity contribution in [2.45, 2.75) is 0 Å². The molecule has 0 unspecified atom stereocenters. The van der Waals surface area contributed by atoms with Crippen LogP contribution in [0.25, 0.3) is 26.5 Å². The molecule has 5 heteroatoms. The normalized spacial score (nSPS) is 11.1. The Labute approximate surface area is 130 Å². The van der Waals surface area contributed by atoms with Crippen LogP contribution in [-0.2, 0) is 0 Å². The van der Waals surface area contributed by atoms with Gasteiger partial charge < -0.3 is 10.2 Å². The van der Waals surface area contributed by atoms with Gasteiger partial charge in [-0.15, -0.1) is 11.3 Å². The summed E-state index contributed by atoms with van der Waals surface area (Å²) in [4.78, 5) is 4.62. The Balaban J connectivity index is 1.75. The molecule has 2 N–H and O–H groups in total. The predicted molar refractivity (Wildman–Crippen MR) is 87.7 cm³/mol. The zero-order chi connectivity index (χ0) is 15.1. The first-order valence-electron chi connectivity index (χ1n) is 6.78. The van der Waals surface area contributed by atoms with Crippen LogP contribution in [0.2, 0.25) is 0 Å². The van der Waals surface area contributed by atoms with Gasteiger partial charge in [0.1, 0.15) is 5.01 Å². The highest BCUT2D eigenvalue weighted by Crippen LogP contribution is 2.32. The molecule has 0 spiro atoms. The summed E-state index contributed by atoms with van der Waals surface area (Å²) in [7, 11) is 0. The molecule has 2 aromatic carbocycles. The Morgan fingerprint density at radius 2 is 1.50 bits per heavy atom. The van der Waals surface area contributed by atoms with Gasteiger partial charge in [-0.2, -0.15) is 0 Å². The molecule has 0 amide bonds. The Morgan fingerprint density at radius 3 is 2.18 bits per heavy atom. The summed E-state index contributed by atoms with van der Waals surface area (Å²) in [6.07, 6.45) is 0. The van der Waals surface area contributed by atoms with Crippen LogP contribution in [0, 0.1) is 0 Å². The number of benzene rings is 2. The molecule has 0 fully saturated rings. The summed E-state index contributed by atoms with van der Waals surface area (Å²) >= 11 is 1.64. The number of rotatable bonds is 2. The van der Waals surface area contributed by atoms with Gasteiger partial charge in [0.25, 0.3) is 0 Å². The number of hydrogen-bond donors (Lipinski definition) is 2. The van der Waals surface area contributed by atoms with Crippen LogP contribution in [0.3, 0.4) is 0 Å². The largest absolute Gasteiger partial charge is 0.494 e. The Morgan fingerprint density at radius 1 is 0.818 bits per heavy atom. The molecule has 0 radical (unpaired) electrons. The van der Waals surface area contributed by atoms with E-state index < -0.39 is 0 Å². The highest BCUT2D eigenvalue weighted by atomic mass is 32.1. The third-order valence-corrected chi connectivity index (χ3v) is 4.59. The van der Waals surface area contributed by atoms with E-state index >= 15 is 0 Å². The highest BCUT2D eigenvalue weighted by molar-refractivity contribution is 7.21. The van der Waals surface area contributed by atoms with E-state index in [0.717, 1.165) is 20.8 Å². The SMILES string of the molecule is Oc1ccc(O)n1-c1ccc(-c2nc3ccccc3s2)cc1. The molecule has 0 atom stereocenters. The second kappa shape index (κ2) is 4.89. The van der Waals surface area contributed by atoms with E-state index in [9.17, 15) is 10.2 Å². The Kier molecular flexibility index (Phi) is 2.87. The second-order valence-corrected chi connectivity index (χ2v) is 5.95. The molecular weight excluding hydrogens is 296 g/mol. The summed E-state index contributed by atoms with van der Waals surface area (Å²) in [5, 5.41) is 20.5. The number of nitrogens with zero attached hydrogens (tertiary/aromatic N) is 2. The topological polar surface area (TPSA) is 58.3 Å². The monoisotopic (exact) mass is 308 g/mol. The summed E-state index contributed by atoms with van der Waals surface area (Å²) in [5.41, 5.74) is 2.70. The van der Waals surface area contributed by atoms with E-state index in [1.807, 2.05) is 42.5 Å². The van der Waals surface area contributed by atoms with Gasteiger partial charge in [0.05, 0.1) is 15.9 Å². The molecule has 0 saturated carbocycles. The van der Waals surface area contributed by atoms with Crippen molar-refractivity contribution < 1.29 is 10.2 Å². The maximum absolute atomic E-state index is 9.76. The molecule has 0 aliphatic heterocycles. The van der Waals surface area contributed by atoms with Crippen molar-refractivity contribution in [1.82, 2.24) is 9.55 Å². The number of aromatic hydroxyl groups is 2. The van der Waals surface area contributed by atoms with Gasteiger partial charge in [-0.05, 0) is 36.4 Å². The van der Waals surface area contributed by atoms with Gasteiger partial charge in [0, 0.05) is 17.7 Å². The van der Waals surface area contributed by atoms with E-state index in [1.54, 1.807) is 11.3 Å². The maximum atomic E-state index is 9.76. The van der Waals surface area contributed by atoms with Crippen LogP contribution < -0.4 is 0 Å². The fraction of sp³-hybridized carbons (Fsp3) is 0. The molecule has 0 aliphatic rings. The van der Waals surface area contributed by atoms with Crippen molar-refractivity contribution in [3.63, 3.8) is 0 Å². The average molecular weight is 308 g/mol. The van der Waals surface area contributed by atoms with Crippen molar-refractivity contribution in [2.75, 3.05) is 0 Å². The standard InChI is InChI=1S/C17H12N2O2S/c20-15-9-10-16(21)19(15)12-7-5-11(6-8-12)17-18-13-3-1-2-4-14(13)22-17/h1-10,20-21H. The highest BCUT2D eigenvalue weighted by Gasteiger charge is 2.10. The molecule has 4 aromatic rings. The number of fused-ring (bicyclic) bond motifs is 1. The second-order valence-electron chi connectivity index (χ2n) is 4.92. The molecule has 4 nitrogen and oxygen atoms in total. The van der Waals surface area contributed by atoms with E-state index in [-0.39, 0.29) is 11.8 Å². The van der Waals surface area contributed by atoms with E-state index in [2.05, 4.69) is 11.1 Å². The quantitative estimate of drug-likeness (QED) is 0.584. The number of aromatic nitrogens is 2. The van der Waals surface area contributed by atoms with E-state index in [0.29, 0.717) is 5.69 Å². The third-order valence-electron chi connectivity index (χ3n) is 3.51. The van der Waals surface area contributed by atoms with Crippen LogP contribution in [0.1, 0.15) is 0 Å². The molecule has 0 saturated heterocycles. The zero-order valence-electron chi connectivity index (χ0n) is 11.5. The minimum absolute atomic E-state index is 0.00485. The minimum Gasteiger partial charge on any atom is -0.494 e. The molecule has 22 heavy (non-hydrogen) atoms. The lowest BCUT2D eigenvalue weighted by Crippen LogP contribution is -1.92. The molecular formula is C17H12N2O2S. The van der Waals surface area contributed by atoms with E-state index in [1.165, 1.54) is 16.7 Å². The lowest BCUT2D eigenvalue weighted by Gasteiger charge is -2.07. The first-order chi connectivity index (χ1) is 10.7. The molecule has 0 aliphatic carbocycles. The van der Waals surface area contributed by atoms with Crippen molar-refractivity contribution in [3.05, 3.63) is 60.7 Å². The minimum atomic E-state index is 0.00485. The maximum Gasteiger partial charge on any atom is 0.198 e. The fourth-order valence-electron chi connectivity index (χ4n) is 2.43. The van der Waals surface area contributed by atoms with Crippen LogP contribution >= 0.6 is 11.3 Å². The summed E-state index contributed by atoms with van der Waals surface area (Å²) in [6, 6.07) is 18.5. The third kappa shape index (κ3) is 2.03. The van der Waals surface area contributed by atoms with Gasteiger partial charge in [-0.25, -0.2) is 4.98 Å². The number of para-hydroxylation sites is 1. The molecule has 2 aromatic heterocycles. The van der Waals surface area contributed by atoms with Crippen LogP contribution in [0.5, 0.6) is 11.8 Å². The first-order valence-corrected chi connectivity index (χ1v) is 7.60. The molecule has 0 bridgehead atoms. The lowest BCUT2D eigenvalue weighted by atomic mass is 10.2. The smallest absolute Gasteiger partial charge is 0.198 e. The van der Waals surface area contributed by atoms with Crippen molar-refractivity contribution in [3.8, 4) is 28.0 Å². The summed E-state index contributed by atoms with van der Waals surface area (Å²) in [5.74, 6) is 0.00970. The van der Waals surface area contributed by atoms with Crippen LogP contribution in [-0.4, -0.2) is 19.8 Å². The van der Waals surface area contributed by atoms with Crippen molar-refractivity contribution >= 4 is 21.6 Å². The summed E-state index contributed by atoms with van der Waals surface area (Å²) < 4.78 is 2.53. The number of thiazole rings is 1. The van der Waals surface area contributed by atoms with E-state index in [4.69, 9.17) is 0 Å². The van der Waals surface area contributed by atoms with Crippen LogP contribution in [0.4, 0.5) is 0 Å². The van der Waals surface area contributed by atoms with Gasteiger partial charge in [-0.3, -0.25) is 4.57 Å².